The quantitative estimate of drug-likeness (QED) is 0.364. The third-order valence-corrected chi connectivity index (χ3v) is 7.23. The number of rotatable bonds is 12. The van der Waals surface area contributed by atoms with Gasteiger partial charge in [0.2, 0.25) is 5.91 Å². The summed E-state index contributed by atoms with van der Waals surface area (Å²) in [5.74, 6) is -0.710. The predicted octanol–water partition coefficient (Wildman–Crippen LogP) is 5.05. The first-order valence-electron chi connectivity index (χ1n) is 12.8. The Morgan fingerprint density at radius 3 is 2.38 bits per heavy atom. The minimum atomic E-state index is -2.86. The smallest absolute Gasteiger partial charge is 0.265 e. The molecule has 2 heterocycles. The number of nitrogens with one attached hydrogen (secondary N) is 2. The van der Waals surface area contributed by atoms with Crippen LogP contribution in [0.15, 0.2) is 30.3 Å². The number of amides is 3. The number of benzene rings is 1. The maximum atomic E-state index is 14.0. The van der Waals surface area contributed by atoms with Crippen molar-refractivity contribution >= 4 is 52.0 Å². The molecule has 1 aromatic carbocycles. The monoisotopic (exact) mass is 584 g/mol. The number of hydrogen-bond donors (Lipinski definition) is 2. The van der Waals surface area contributed by atoms with Crippen molar-refractivity contribution in [2.45, 2.75) is 40.2 Å². The highest BCUT2D eigenvalue weighted by atomic mass is 35.5. The number of halogens is 3. The number of thiophene rings is 1. The number of carbonyl (C=O) groups excluding carboxylic acids is 3. The van der Waals surface area contributed by atoms with E-state index in [0.29, 0.717) is 22.3 Å². The number of alkyl halides is 2. The Morgan fingerprint density at radius 1 is 1.13 bits per heavy atom. The van der Waals surface area contributed by atoms with Crippen LogP contribution in [0.1, 0.15) is 49.4 Å². The van der Waals surface area contributed by atoms with E-state index in [-0.39, 0.29) is 61.0 Å². The average molecular weight is 585 g/mol. The zero-order valence-electron chi connectivity index (χ0n) is 22.5. The summed E-state index contributed by atoms with van der Waals surface area (Å²) in [6.45, 7) is 9.60. The molecule has 0 radical (unpaired) electrons. The number of nitrogens with zero attached hydrogens (tertiary/aromatic N) is 2. The Bertz CT molecular complexity index is 1150. The van der Waals surface area contributed by atoms with Gasteiger partial charge in [-0.05, 0) is 42.2 Å². The molecular weight excluding hydrogens is 550 g/mol. The largest absolute Gasteiger partial charge is 0.370 e. The van der Waals surface area contributed by atoms with Gasteiger partial charge < -0.3 is 20.3 Å². The molecule has 1 aliphatic heterocycles. The highest BCUT2D eigenvalue weighted by molar-refractivity contribution is 7.18. The fourth-order valence-corrected chi connectivity index (χ4v) is 5.38. The van der Waals surface area contributed by atoms with E-state index in [4.69, 9.17) is 16.3 Å². The molecule has 214 valence electrons. The van der Waals surface area contributed by atoms with Gasteiger partial charge in [0.1, 0.15) is 12.6 Å². The molecule has 3 rings (SSSR count). The zero-order valence-corrected chi connectivity index (χ0v) is 24.1. The van der Waals surface area contributed by atoms with Crippen LogP contribution >= 0.6 is 22.9 Å². The van der Waals surface area contributed by atoms with Crippen LogP contribution in [0, 0.1) is 11.8 Å². The Hall–Kier alpha value is -2.60. The molecule has 12 heteroatoms. The Morgan fingerprint density at radius 2 is 1.82 bits per heavy atom. The summed E-state index contributed by atoms with van der Waals surface area (Å²) >= 11 is 7.10. The van der Waals surface area contributed by atoms with Crippen LogP contribution < -0.4 is 15.5 Å². The number of carbonyl (C=O) groups is 3. The third kappa shape index (κ3) is 8.69. The van der Waals surface area contributed by atoms with Crippen LogP contribution in [0.3, 0.4) is 0 Å². The van der Waals surface area contributed by atoms with Crippen LogP contribution in [0.2, 0.25) is 4.34 Å². The number of anilines is 2. The van der Waals surface area contributed by atoms with Crippen molar-refractivity contribution in [3.63, 3.8) is 0 Å². The molecule has 1 aliphatic rings. The van der Waals surface area contributed by atoms with E-state index in [1.54, 1.807) is 12.1 Å². The van der Waals surface area contributed by atoms with Crippen LogP contribution in [0.5, 0.6) is 0 Å². The Balaban J connectivity index is 1.85. The summed E-state index contributed by atoms with van der Waals surface area (Å²) in [6, 6.07) is 6.59. The second kappa shape index (κ2) is 14.2. The first-order valence-corrected chi connectivity index (χ1v) is 14.0. The van der Waals surface area contributed by atoms with Gasteiger partial charge in [0.15, 0.2) is 0 Å². The van der Waals surface area contributed by atoms with Crippen LogP contribution in [0.25, 0.3) is 0 Å². The van der Waals surface area contributed by atoms with Gasteiger partial charge >= 0.3 is 0 Å². The van der Waals surface area contributed by atoms with E-state index in [1.807, 2.05) is 32.6 Å². The molecule has 0 unspecified atom stereocenters. The lowest BCUT2D eigenvalue weighted by Gasteiger charge is -2.33. The minimum Gasteiger partial charge on any atom is -0.370 e. The highest BCUT2D eigenvalue weighted by Gasteiger charge is 2.30. The summed E-state index contributed by atoms with van der Waals surface area (Å²) in [6.07, 6.45) is -2.86. The summed E-state index contributed by atoms with van der Waals surface area (Å²) in [4.78, 5) is 42.3. The van der Waals surface area contributed by atoms with Crippen molar-refractivity contribution in [3.8, 4) is 0 Å². The first-order chi connectivity index (χ1) is 18.5. The predicted molar refractivity (Wildman–Crippen MR) is 150 cm³/mol. The normalized spacial score (nSPS) is 14.9. The van der Waals surface area contributed by atoms with Crippen LogP contribution in [0.4, 0.5) is 20.2 Å². The van der Waals surface area contributed by atoms with Gasteiger partial charge in [0.25, 0.3) is 18.2 Å². The van der Waals surface area contributed by atoms with E-state index in [9.17, 15) is 23.2 Å². The van der Waals surface area contributed by atoms with Gasteiger partial charge in [-0.2, -0.15) is 0 Å². The molecule has 39 heavy (non-hydrogen) atoms. The first kappa shape index (κ1) is 30.9. The van der Waals surface area contributed by atoms with E-state index >= 15 is 0 Å². The Kier molecular flexibility index (Phi) is 11.2. The molecule has 2 N–H and O–H groups in total. The maximum absolute atomic E-state index is 14.0. The topological polar surface area (TPSA) is 91.0 Å². The number of ether oxygens (including phenoxy) is 1. The van der Waals surface area contributed by atoms with Gasteiger partial charge in [0, 0.05) is 37.4 Å². The van der Waals surface area contributed by atoms with Gasteiger partial charge in [-0.15, -0.1) is 11.3 Å². The molecule has 1 fully saturated rings. The van der Waals surface area contributed by atoms with E-state index in [2.05, 4.69) is 10.6 Å². The average Bonchev–Trinajstić information content (AvgIpc) is 3.30. The fraction of sp³-hybridized carbons (Fsp3) is 0.519. The van der Waals surface area contributed by atoms with Gasteiger partial charge in [-0.25, -0.2) is 8.78 Å². The molecule has 0 spiro atoms. The fourth-order valence-electron chi connectivity index (χ4n) is 4.42. The number of hydrogen-bond acceptors (Lipinski definition) is 6. The van der Waals surface area contributed by atoms with Crippen LogP contribution in [-0.2, 0) is 14.3 Å². The molecule has 0 aliphatic carbocycles. The minimum absolute atomic E-state index is 0.0156. The van der Waals surface area contributed by atoms with E-state index in [0.717, 1.165) is 11.3 Å². The summed E-state index contributed by atoms with van der Waals surface area (Å²) in [5, 5.41) is 5.59. The second-order valence-corrected chi connectivity index (χ2v) is 11.9. The molecular formula is C27H35ClF2N4O4S. The lowest BCUT2D eigenvalue weighted by atomic mass is 10.1. The lowest BCUT2D eigenvalue weighted by Crippen LogP contribution is -2.52. The van der Waals surface area contributed by atoms with Gasteiger partial charge in [0.05, 0.1) is 21.5 Å². The zero-order chi connectivity index (χ0) is 28.7. The van der Waals surface area contributed by atoms with Gasteiger partial charge in [-0.3, -0.25) is 19.3 Å². The molecule has 1 aromatic heterocycles. The summed E-state index contributed by atoms with van der Waals surface area (Å²) < 4.78 is 33.6. The van der Waals surface area contributed by atoms with Gasteiger partial charge in [-0.1, -0.05) is 39.3 Å². The molecule has 3 amide bonds. The van der Waals surface area contributed by atoms with Crippen molar-refractivity contribution in [2.24, 2.45) is 11.8 Å². The molecule has 0 saturated carbocycles. The summed E-state index contributed by atoms with van der Waals surface area (Å²) in [5.41, 5.74) is -0.0881. The highest BCUT2D eigenvalue weighted by Crippen LogP contribution is 2.33. The molecule has 2 aromatic rings. The van der Waals surface area contributed by atoms with E-state index in [1.165, 1.54) is 23.1 Å². The van der Waals surface area contributed by atoms with Crippen molar-refractivity contribution in [3.05, 3.63) is 45.1 Å². The second-order valence-electron chi connectivity index (χ2n) is 10.2. The molecule has 0 bridgehead atoms. The Labute approximate surface area is 236 Å². The van der Waals surface area contributed by atoms with E-state index < -0.39 is 24.3 Å². The van der Waals surface area contributed by atoms with Crippen molar-refractivity contribution < 1.29 is 27.9 Å². The molecule has 8 nitrogen and oxygen atoms in total. The van der Waals surface area contributed by atoms with Crippen molar-refractivity contribution in [1.29, 1.82) is 0 Å². The van der Waals surface area contributed by atoms with Crippen LogP contribution in [-0.4, -0.2) is 68.1 Å². The molecule has 1 atom stereocenters. The SMILES string of the molecule is CC(C)CN(CC(C)C)[C@@H](CNC(=O)c1ccc(Cl)s1)C(=O)Nc1ccc(N2CCOCC2=O)c(C(F)F)c1. The maximum Gasteiger partial charge on any atom is 0.265 e. The standard InChI is InChI=1S/C27H35ClF2N4O4S/c1-16(2)13-33(14-17(3)4)21(12-31-27(37)22-7-8-23(28)39-22)26(36)32-18-5-6-20(19(11-18)25(29)30)34-9-10-38-15-24(34)35/h5-8,11,16-17,21,25H,9-10,12-15H2,1-4H3,(H,31,37)(H,32,36)/t21-/m0/s1. The van der Waals surface area contributed by atoms with Crippen molar-refractivity contribution in [1.82, 2.24) is 10.2 Å². The number of morpholine rings is 1. The lowest BCUT2D eigenvalue weighted by molar-refractivity contribution is -0.125. The summed E-state index contributed by atoms with van der Waals surface area (Å²) in [7, 11) is 0. The third-order valence-electron chi connectivity index (χ3n) is 6.00. The molecule has 1 saturated heterocycles. The van der Waals surface area contributed by atoms with Crippen molar-refractivity contribution in [2.75, 3.05) is 49.6 Å².